The third-order valence-corrected chi connectivity index (χ3v) is 4.01. The highest BCUT2D eigenvalue weighted by atomic mass is 16.6. The van der Waals surface area contributed by atoms with E-state index in [1.54, 1.807) is 18.2 Å². The van der Waals surface area contributed by atoms with Crippen LogP contribution in [-0.2, 0) is 9.47 Å². The van der Waals surface area contributed by atoms with Gasteiger partial charge in [-0.3, -0.25) is 10.2 Å². The van der Waals surface area contributed by atoms with E-state index in [0.717, 1.165) is 17.7 Å². The van der Waals surface area contributed by atoms with E-state index < -0.39 is 12.2 Å². The first-order chi connectivity index (χ1) is 14.5. The van der Waals surface area contributed by atoms with E-state index in [1.807, 2.05) is 38.1 Å². The molecule has 2 rings (SSSR count). The monoisotopic (exact) mass is 410 g/mol. The van der Waals surface area contributed by atoms with Gasteiger partial charge < -0.3 is 14.2 Å². The number of hydrogen-bond acceptors (Lipinski definition) is 5. The summed E-state index contributed by atoms with van der Waals surface area (Å²) in [5.41, 5.74) is 2.10. The lowest BCUT2D eigenvalue weighted by molar-refractivity contribution is 0.139. The van der Waals surface area contributed by atoms with Crippen molar-refractivity contribution in [2.45, 2.75) is 20.3 Å². The molecule has 2 aromatic rings. The number of benzene rings is 2. The molecule has 7 nitrogen and oxygen atoms in total. The zero-order valence-corrected chi connectivity index (χ0v) is 17.2. The maximum Gasteiger partial charge on any atom is 0.419 e. The molecule has 0 saturated heterocycles. The first kappa shape index (κ1) is 22.8. The van der Waals surface area contributed by atoms with Crippen molar-refractivity contribution < 1.29 is 23.8 Å². The van der Waals surface area contributed by atoms with Crippen LogP contribution in [0.5, 0.6) is 5.75 Å². The largest absolute Gasteiger partial charge is 0.436 e. The Labute approximate surface area is 176 Å². The minimum absolute atomic E-state index is 0.133. The van der Waals surface area contributed by atoms with Crippen LogP contribution < -0.4 is 15.0 Å². The van der Waals surface area contributed by atoms with Crippen molar-refractivity contribution in [3.63, 3.8) is 0 Å². The molecule has 0 unspecified atom stereocenters. The summed E-state index contributed by atoms with van der Waals surface area (Å²) in [6.07, 6.45) is 4.73. The number of terminal acetylenes is 1. The summed E-state index contributed by atoms with van der Waals surface area (Å²) in [7, 11) is 0. The SMILES string of the molecule is C#CCOC(=O)Nc1cccc(OC(=O)N(CCOCCC)c2ccccc2C)c1. The predicted molar refractivity (Wildman–Crippen MR) is 116 cm³/mol. The summed E-state index contributed by atoms with van der Waals surface area (Å²) in [6.45, 7) is 5.18. The van der Waals surface area contributed by atoms with Gasteiger partial charge in [-0.25, -0.2) is 9.59 Å². The second-order valence-electron chi connectivity index (χ2n) is 6.35. The number of hydrogen-bond donors (Lipinski definition) is 1. The molecule has 0 saturated carbocycles. The maximum atomic E-state index is 12.9. The molecule has 0 radical (unpaired) electrons. The Morgan fingerprint density at radius 3 is 2.67 bits per heavy atom. The van der Waals surface area contributed by atoms with Gasteiger partial charge in [0.25, 0.3) is 0 Å². The highest BCUT2D eigenvalue weighted by Crippen LogP contribution is 2.23. The van der Waals surface area contributed by atoms with Crippen LogP contribution in [0.4, 0.5) is 21.0 Å². The standard InChI is InChI=1S/C23H26N2O5/c1-4-14-28-16-13-25(21-12-7-6-9-18(21)3)23(27)30-20-11-8-10-19(17-20)24-22(26)29-15-5-2/h2,6-12,17H,4,13-16H2,1,3H3,(H,24,26). The van der Waals surface area contributed by atoms with E-state index in [2.05, 4.69) is 11.2 Å². The van der Waals surface area contributed by atoms with Crippen LogP contribution in [0.2, 0.25) is 0 Å². The molecule has 0 spiro atoms. The topological polar surface area (TPSA) is 77.1 Å². The van der Waals surface area contributed by atoms with Gasteiger partial charge in [-0.15, -0.1) is 6.42 Å². The summed E-state index contributed by atoms with van der Waals surface area (Å²) in [5.74, 6) is 2.49. The van der Waals surface area contributed by atoms with Crippen molar-refractivity contribution in [3.8, 4) is 18.1 Å². The number of carbonyl (C=O) groups is 2. The van der Waals surface area contributed by atoms with Crippen molar-refractivity contribution in [1.29, 1.82) is 0 Å². The fourth-order valence-corrected chi connectivity index (χ4v) is 2.63. The minimum atomic E-state index is -0.689. The van der Waals surface area contributed by atoms with Gasteiger partial charge in [0.05, 0.1) is 18.8 Å². The van der Waals surface area contributed by atoms with Crippen LogP contribution in [0.1, 0.15) is 18.9 Å². The number of ether oxygens (including phenoxy) is 3. The molecular weight excluding hydrogens is 384 g/mol. The summed E-state index contributed by atoms with van der Waals surface area (Å²) in [6, 6.07) is 14.0. The molecular formula is C23H26N2O5. The molecule has 0 aliphatic carbocycles. The Hall–Kier alpha value is -3.50. The lowest BCUT2D eigenvalue weighted by atomic mass is 10.2. The molecule has 0 aliphatic rings. The van der Waals surface area contributed by atoms with Gasteiger partial charge in [0.15, 0.2) is 6.61 Å². The normalized spacial score (nSPS) is 10.0. The second kappa shape index (κ2) is 12.1. The van der Waals surface area contributed by atoms with E-state index in [1.165, 1.54) is 11.0 Å². The number of nitrogens with zero attached hydrogens (tertiary/aromatic N) is 1. The number of rotatable bonds is 9. The van der Waals surface area contributed by atoms with Crippen LogP contribution in [0.15, 0.2) is 48.5 Å². The van der Waals surface area contributed by atoms with Gasteiger partial charge in [-0.05, 0) is 37.1 Å². The Balaban J connectivity index is 2.11. The van der Waals surface area contributed by atoms with E-state index >= 15 is 0 Å². The number of amides is 2. The highest BCUT2D eigenvalue weighted by molar-refractivity contribution is 5.90. The number of anilines is 2. The zero-order valence-electron chi connectivity index (χ0n) is 17.2. The van der Waals surface area contributed by atoms with Crippen molar-refractivity contribution in [2.75, 3.05) is 36.6 Å². The van der Waals surface area contributed by atoms with Crippen LogP contribution >= 0.6 is 0 Å². The fraction of sp³-hybridized carbons (Fsp3) is 0.304. The van der Waals surface area contributed by atoms with E-state index in [4.69, 9.17) is 20.6 Å². The molecule has 0 bridgehead atoms. The van der Waals surface area contributed by atoms with Gasteiger partial charge in [-0.1, -0.05) is 37.1 Å². The third-order valence-electron chi connectivity index (χ3n) is 4.01. The van der Waals surface area contributed by atoms with Crippen molar-refractivity contribution in [2.24, 2.45) is 0 Å². The number of carbonyl (C=O) groups excluding carboxylic acids is 2. The van der Waals surface area contributed by atoms with Crippen LogP contribution in [0.25, 0.3) is 0 Å². The molecule has 2 amide bonds. The number of para-hydroxylation sites is 1. The van der Waals surface area contributed by atoms with Crippen LogP contribution in [-0.4, -0.2) is 38.6 Å². The molecule has 30 heavy (non-hydrogen) atoms. The Kier molecular flexibility index (Phi) is 9.22. The molecule has 1 N–H and O–H groups in total. The zero-order chi connectivity index (χ0) is 21.8. The lowest BCUT2D eigenvalue weighted by Crippen LogP contribution is -2.37. The molecule has 7 heteroatoms. The third kappa shape index (κ3) is 7.15. The van der Waals surface area contributed by atoms with Gasteiger partial charge in [0, 0.05) is 18.4 Å². The van der Waals surface area contributed by atoms with Crippen molar-refractivity contribution in [1.82, 2.24) is 0 Å². The molecule has 0 aromatic heterocycles. The van der Waals surface area contributed by atoms with E-state index in [9.17, 15) is 9.59 Å². The summed E-state index contributed by atoms with van der Waals surface area (Å²) < 4.78 is 15.9. The minimum Gasteiger partial charge on any atom is -0.436 e. The van der Waals surface area contributed by atoms with Gasteiger partial charge in [0.2, 0.25) is 0 Å². The molecule has 2 aromatic carbocycles. The molecule has 0 fully saturated rings. The molecule has 0 aliphatic heterocycles. The number of aryl methyl sites for hydroxylation is 1. The quantitative estimate of drug-likeness (QED) is 0.483. The lowest BCUT2D eigenvalue weighted by Gasteiger charge is -2.24. The summed E-state index contributed by atoms with van der Waals surface area (Å²) >= 11 is 0. The van der Waals surface area contributed by atoms with Crippen LogP contribution in [0, 0.1) is 19.3 Å². The summed E-state index contributed by atoms with van der Waals surface area (Å²) in [5, 5.41) is 2.53. The number of nitrogens with one attached hydrogen (secondary N) is 1. The highest BCUT2D eigenvalue weighted by Gasteiger charge is 2.20. The van der Waals surface area contributed by atoms with Gasteiger partial charge >= 0.3 is 12.2 Å². The van der Waals surface area contributed by atoms with E-state index in [-0.39, 0.29) is 12.4 Å². The van der Waals surface area contributed by atoms with E-state index in [0.29, 0.717) is 25.4 Å². The molecule has 0 heterocycles. The smallest absolute Gasteiger partial charge is 0.419 e. The first-order valence-electron chi connectivity index (χ1n) is 9.65. The van der Waals surface area contributed by atoms with Crippen molar-refractivity contribution in [3.05, 3.63) is 54.1 Å². The fourth-order valence-electron chi connectivity index (χ4n) is 2.63. The second-order valence-corrected chi connectivity index (χ2v) is 6.35. The average molecular weight is 410 g/mol. The van der Waals surface area contributed by atoms with Gasteiger partial charge in [0.1, 0.15) is 5.75 Å². The molecule has 0 atom stereocenters. The van der Waals surface area contributed by atoms with Crippen molar-refractivity contribution >= 4 is 23.6 Å². The first-order valence-corrected chi connectivity index (χ1v) is 9.65. The van der Waals surface area contributed by atoms with Gasteiger partial charge in [-0.2, -0.15) is 0 Å². The predicted octanol–water partition coefficient (Wildman–Crippen LogP) is 4.61. The summed E-state index contributed by atoms with van der Waals surface area (Å²) in [4.78, 5) is 26.1. The Morgan fingerprint density at radius 1 is 1.13 bits per heavy atom. The average Bonchev–Trinajstić information content (AvgIpc) is 2.73. The van der Waals surface area contributed by atoms with Crippen LogP contribution in [0.3, 0.4) is 0 Å². The Bertz CT molecular complexity index is 891. The molecule has 158 valence electrons. The Morgan fingerprint density at radius 2 is 1.93 bits per heavy atom. The maximum absolute atomic E-state index is 12.9.